The van der Waals surface area contributed by atoms with Gasteiger partial charge in [0.2, 0.25) is 0 Å². The molecule has 0 saturated carbocycles. The van der Waals surface area contributed by atoms with Crippen LogP contribution in [0, 0.1) is 5.92 Å². The van der Waals surface area contributed by atoms with Crippen LogP contribution >= 0.6 is 0 Å². The third-order valence-electron chi connectivity index (χ3n) is 2.70. The fourth-order valence-corrected chi connectivity index (χ4v) is 1.75. The van der Waals surface area contributed by atoms with Crippen molar-refractivity contribution in [2.75, 3.05) is 7.11 Å². The molecule has 0 aliphatic heterocycles. The number of ether oxygens (including phenoxy) is 1. The number of carbonyl (C=O) groups is 2. The molecular weight excluding hydrogens is 228 g/mol. The molecule has 0 saturated heterocycles. The predicted molar refractivity (Wildman–Crippen MR) is 70.1 cm³/mol. The van der Waals surface area contributed by atoms with Gasteiger partial charge in [-0.15, -0.1) is 0 Å². The minimum absolute atomic E-state index is 0.177. The lowest BCUT2D eigenvalue weighted by molar-refractivity contribution is -0.134. The summed E-state index contributed by atoms with van der Waals surface area (Å²) in [4.78, 5) is 21.5. The standard InChI is InChI=1S/C15H18O3/c1-18-15(17)10-9-14(8-5-11-16)12-13-6-3-2-4-7-13/h2-4,6-7,9-11,14H,5,8,12H2,1H3/b10-9-. The van der Waals surface area contributed by atoms with E-state index >= 15 is 0 Å². The van der Waals surface area contributed by atoms with E-state index in [0.717, 1.165) is 19.1 Å². The fourth-order valence-electron chi connectivity index (χ4n) is 1.75. The molecule has 0 bridgehead atoms. The summed E-state index contributed by atoms with van der Waals surface area (Å²) in [5.74, 6) is -0.184. The van der Waals surface area contributed by atoms with Gasteiger partial charge in [0.15, 0.2) is 0 Å². The van der Waals surface area contributed by atoms with Crippen LogP contribution in [0.1, 0.15) is 18.4 Å². The van der Waals surface area contributed by atoms with Crippen molar-refractivity contribution in [3.63, 3.8) is 0 Å². The van der Waals surface area contributed by atoms with Crippen molar-refractivity contribution >= 4 is 12.3 Å². The SMILES string of the molecule is COC(=O)/C=C\C(CCC=O)Cc1ccccc1. The molecule has 0 spiro atoms. The molecule has 1 aromatic carbocycles. The Morgan fingerprint density at radius 3 is 2.67 bits per heavy atom. The van der Waals surface area contributed by atoms with E-state index in [2.05, 4.69) is 4.74 Å². The fraction of sp³-hybridized carbons (Fsp3) is 0.333. The number of rotatable bonds is 7. The van der Waals surface area contributed by atoms with Crippen LogP contribution in [0.4, 0.5) is 0 Å². The number of hydrogen-bond donors (Lipinski definition) is 0. The highest BCUT2D eigenvalue weighted by molar-refractivity contribution is 5.81. The first-order valence-electron chi connectivity index (χ1n) is 6.00. The van der Waals surface area contributed by atoms with Crippen molar-refractivity contribution in [2.45, 2.75) is 19.3 Å². The van der Waals surface area contributed by atoms with Gasteiger partial charge in [0.1, 0.15) is 6.29 Å². The second kappa shape index (κ2) is 8.23. The van der Waals surface area contributed by atoms with Crippen LogP contribution in [0.3, 0.4) is 0 Å². The summed E-state index contributed by atoms with van der Waals surface area (Å²) >= 11 is 0. The Hall–Kier alpha value is -1.90. The maximum absolute atomic E-state index is 11.1. The Bertz CT molecular complexity index is 395. The third kappa shape index (κ3) is 5.43. The van der Waals surface area contributed by atoms with E-state index < -0.39 is 0 Å². The average molecular weight is 246 g/mol. The van der Waals surface area contributed by atoms with Crippen molar-refractivity contribution in [1.82, 2.24) is 0 Å². The molecule has 1 aromatic rings. The molecule has 0 amide bonds. The van der Waals surface area contributed by atoms with Crippen LogP contribution in [-0.4, -0.2) is 19.4 Å². The normalized spacial score (nSPS) is 12.3. The molecule has 3 nitrogen and oxygen atoms in total. The zero-order valence-electron chi connectivity index (χ0n) is 10.5. The lowest BCUT2D eigenvalue weighted by Gasteiger charge is -2.11. The Morgan fingerprint density at radius 1 is 1.33 bits per heavy atom. The zero-order valence-corrected chi connectivity index (χ0v) is 10.5. The smallest absolute Gasteiger partial charge is 0.330 e. The first kappa shape index (κ1) is 14.2. The monoisotopic (exact) mass is 246 g/mol. The molecule has 3 heteroatoms. The van der Waals surface area contributed by atoms with Crippen LogP contribution in [0.5, 0.6) is 0 Å². The molecule has 1 rings (SSSR count). The number of esters is 1. The molecule has 0 radical (unpaired) electrons. The molecule has 1 atom stereocenters. The molecule has 0 fully saturated rings. The Morgan fingerprint density at radius 2 is 2.06 bits per heavy atom. The highest BCUT2D eigenvalue weighted by Crippen LogP contribution is 2.15. The minimum Gasteiger partial charge on any atom is -0.466 e. The van der Waals surface area contributed by atoms with Gasteiger partial charge in [-0.3, -0.25) is 0 Å². The van der Waals surface area contributed by atoms with E-state index in [0.29, 0.717) is 6.42 Å². The van der Waals surface area contributed by atoms with Gasteiger partial charge in [-0.25, -0.2) is 4.79 Å². The van der Waals surface area contributed by atoms with Crippen molar-refractivity contribution < 1.29 is 14.3 Å². The second-order valence-electron chi connectivity index (χ2n) is 4.08. The van der Waals surface area contributed by atoms with E-state index in [4.69, 9.17) is 0 Å². The summed E-state index contributed by atoms with van der Waals surface area (Å²) in [5, 5.41) is 0. The molecule has 1 unspecified atom stereocenters. The third-order valence-corrected chi connectivity index (χ3v) is 2.70. The van der Waals surface area contributed by atoms with Gasteiger partial charge in [-0.2, -0.15) is 0 Å². The van der Waals surface area contributed by atoms with Crippen LogP contribution < -0.4 is 0 Å². The lowest BCUT2D eigenvalue weighted by atomic mass is 9.94. The Balaban J connectivity index is 2.63. The molecule has 0 N–H and O–H groups in total. The van der Waals surface area contributed by atoms with Gasteiger partial charge in [0.25, 0.3) is 0 Å². The summed E-state index contributed by atoms with van der Waals surface area (Å²) in [5.41, 5.74) is 1.20. The van der Waals surface area contributed by atoms with Gasteiger partial charge in [0.05, 0.1) is 7.11 Å². The number of methoxy groups -OCH3 is 1. The maximum atomic E-state index is 11.1. The molecule has 0 aromatic heterocycles. The molecule has 0 aliphatic rings. The second-order valence-corrected chi connectivity index (χ2v) is 4.08. The van der Waals surface area contributed by atoms with Gasteiger partial charge in [-0.05, 0) is 24.3 Å². The van der Waals surface area contributed by atoms with E-state index in [1.807, 2.05) is 36.4 Å². The van der Waals surface area contributed by atoms with Crippen molar-refractivity contribution in [3.8, 4) is 0 Å². The summed E-state index contributed by atoms with van der Waals surface area (Å²) < 4.78 is 4.56. The van der Waals surface area contributed by atoms with Gasteiger partial charge in [0, 0.05) is 12.5 Å². The summed E-state index contributed by atoms with van der Waals surface area (Å²) in [6.45, 7) is 0. The van der Waals surface area contributed by atoms with Crippen LogP contribution in [0.25, 0.3) is 0 Å². The highest BCUT2D eigenvalue weighted by Gasteiger charge is 2.06. The minimum atomic E-state index is -0.362. The van der Waals surface area contributed by atoms with Crippen molar-refractivity contribution in [3.05, 3.63) is 48.0 Å². The van der Waals surface area contributed by atoms with E-state index in [1.54, 1.807) is 0 Å². The van der Waals surface area contributed by atoms with Crippen LogP contribution in [0.15, 0.2) is 42.5 Å². The number of benzene rings is 1. The van der Waals surface area contributed by atoms with Gasteiger partial charge in [-0.1, -0.05) is 36.4 Å². The molecule has 18 heavy (non-hydrogen) atoms. The molecular formula is C15H18O3. The van der Waals surface area contributed by atoms with Crippen LogP contribution in [-0.2, 0) is 20.7 Å². The van der Waals surface area contributed by atoms with Gasteiger partial charge < -0.3 is 9.53 Å². The average Bonchev–Trinajstić information content (AvgIpc) is 2.42. The predicted octanol–water partition coefficient (Wildman–Crippen LogP) is 2.55. The van der Waals surface area contributed by atoms with Gasteiger partial charge >= 0.3 is 5.97 Å². The maximum Gasteiger partial charge on any atom is 0.330 e. The highest BCUT2D eigenvalue weighted by atomic mass is 16.5. The van der Waals surface area contributed by atoms with E-state index in [9.17, 15) is 9.59 Å². The number of aldehydes is 1. The van der Waals surface area contributed by atoms with Crippen molar-refractivity contribution in [1.29, 1.82) is 0 Å². The quantitative estimate of drug-likeness (QED) is 0.422. The molecule has 96 valence electrons. The van der Waals surface area contributed by atoms with E-state index in [1.165, 1.54) is 18.7 Å². The zero-order chi connectivity index (χ0) is 13.2. The molecule has 0 aliphatic carbocycles. The number of allylic oxidation sites excluding steroid dienone is 1. The summed E-state index contributed by atoms with van der Waals surface area (Å²) in [6, 6.07) is 10.0. The van der Waals surface area contributed by atoms with Crippen LogP contribution in [0.2, 0.25) is 0 Å². The summed E-state index contributed by atoms with van der Waals surface area (Å²) in [7, 11) is 1.35. The number of hydrogen-bond acceptors (Lipinski definition) is 3. The van der Waals surface area contributed by atoms with E-state index in [-0.39, 0.29) is 11.9 Å². The first-order valence-corrected chi connectivity index (χ1v) is 6.00. The largest absolute Gasteiger partial charge is 0.466 e. The Labute approximate surface area is 107 Å². The lowest BCUT2D eigenvalue weighted by Crippen LogP contribution is -2.04. The first-order chi connectivity index (χ1) is 8.76. The summed E-state index contributed by atoms with van der Waals surface area (Å²) in [6.07, 6.45) is 6.22. The number of carbonyl (C=O) groups excluding carboxylic acids is 2. The Kier molecular flexibility index (Phi) is 6.47. The molecule has 0 heterocycles. The topological polar surface area (TPSA) is 43.4 Å². The van der Waals surface area contributed by atoms with Crippen molar-refractivity contribution in [2.24, 2.45) is 5.92 Å².